The maximum absolute atomic E-state index is 13.7. The van der Waals surface area contributed by atoms with Crippen molar-refractivity contribution < 1.29 is 18.6 Å². The molecule has 0 bridgehead atoms. The van der Waals surface area contributed by atoms with Gasteiger partial charge in [-0.1, -0.05) is 24.3 Å². The van der Waals surface area contributed by atoms with Crippen molar-refractivity contribution in [3.8, 4) is 11.5 Å². The molecule has 0 aliphatic rings. The van der Waals surface area contributed by atoms with Crippen molar-refractivity contribution >= 4 is 12.4 Å². The smallest absolute Gasteiger partial charge is 0.161 e. The van der Waals surface area contributed by atoms with E-state index in [4.69, 9.17) is 14.2 Å². The van der Waals surface area contributed by atoms with Gasteiger partial charge in [-0.05, 0) is 50.6 Å². The molecule has 0 radical (unpaired) electrons. The predicted octanol–water partition coefficient (Wildman–Crippen LogP) is 4.74. The van der Waals surface area contributed by atoms with Gasteiger partial charge in [0.2, 0.25) is 0 Å². The van der Waals surface area contributed by atoms with Gasteiger partial charge < -0.3 is 19.5 Å². The molecule has 0 unspecified atom stereocenters. The van der Waals surface area contributed by atoms with E-state index in [-0.39, 0.29) is 30.9 Å². The topological polar surface area (TPSA) is 39.7 Å². The van der Waals surface area contributed by atoms with Gasteiger partial charge in [0.25, 0.3) is 0 Å². The Hall–Kier alpha value is -1.82. The molecule has 0 aliphatic heterocycles. The molecule has 0 amide bonds. The van der Waals surface area contributed by atoms with Gasteiger partial charge in [-0.2, -0.15) is 0 Å². The quantitative estimate of drug-likeness (QED) is 0.556. The Kier molecular flexibility index (Phi) is 10.8. The second kappa shape index (κ2) is 12.5. The van der Waals surface area contributed by atoms with Crippen molar-refractivity contribution in [2.45, 2.75) is 39.5 Å². The first kappa shape index (κ1) is 23.2. The van der Waals surface area contributed by atoms with Crippen LogP contribution in [0, 0.1) is 5.82 Å². The maximum atomic E-state index is 13.7. The molecule has 2 rings (SSSR count). The molecule has 0 saturated heterocycles. The summed E-state index contributed by atoms with van der Waals surface area (Å²) in [7, 11) is 1.60. The molecule has 2 aromatic rings. The molecular formula is C21H29ClFNO3. The van der Waals surface area contributed by atoms with E-state index in [0.29, 0.717) is 17.1 Å². The van der Waals surface area contributed by atoms with Crippen molar-refractivity contribution in [3.63, 3.8) is 0 Å². The van der Waals surface area contributed by atoms with Crippen LogP contribution in [0.5, 0.6) is 11.5 Å². The van der Waals surface area contributed by atoms with Crippen LogP contribution in [0.2, 0.25) is 0 Å². The van der Waals surface area contributed by atoms with Crippen LogP contribution in [0.4, 0.5) is 4.39 Å². The molecule has 0 heterocycles. The minimum atomic E-state index is -0.270. The molecule has 2 aromatic carbocycles. The third-order valence-electron chi connectivity index (χ3n) is 3.85. The molecule has 0 aliphatic carbocycles. The Labute approximate surface area is 167 Å². The molecule has 27 heavy (non-hydrogen) atoms. The highest BCUT2D eigenvalue weighted by molar-refractivity contribution is 5.85. The van der Waals surface area contributed by atoms with Crippen LogP contribution in [-0.4, -0.2) is 26.4 Å². The second-order valence-corrected chi connectivity index (χ2v) is 6.32. The Bertz CT molecular complexity index is 682. The van der Waals surface area contributed by atoms with Gasteiger partial charge in [0.1, 0.15) is 12.4 Å². The summed E-state index contributed by atoms with van der Waals surface area (Å²) < 4.78 is 30.3. The molecule has 0 aromatic heterocycles. The molecule has 1 N–H and O–H groups in total. The lowest BCUT2D eigenvalue weighted by Crippen LogP contribution is -2.17. The SMILES string of the molecule is COc1cc(CNCCCOC(C)C)ccc1OCc1ccccc1F.Cl. The number of rotatable bonds is 11. The molecule has 0 fully saturated rings. The van der Waals surface area contributed by atoms with Gasteiger partial charge in [-0.3, -0.25) is 0 Å². The summed E-state index contributed by atoms with van der Waals surface area (Å²) in [4.78, 5) is 0. The summed E-state index contributed by atoms with van der Waals surface area (Å²) >= 11 is 0. The number of nitrogens with one attached hydrogen (secondary N) is 1. The molecule has 150 valence electrons. The molecule has 0 atom stereocenters. The fraction of sp³-hybridized carbons (Fsp3) is 0.429. The van der Waals surface area contributed by atoms with E-state index < -0.39 is 0 Å². The minimum Gasteiger partial charge on any atom is -0.493 e. The van der Waals surface area contributed by atoms with E-state index in [1.54, 1.807) is 25.3 Å². The number of hydrogen-bond acceptors (Lipinski definition) is 4. The van der Waals surface area contributed by atoms with E-state index >= 15 is 0 Å². The maximum Gasteiger partial charge on any atom is 0.161 e. The molecule has 4 nitrogen and oxygen atoms in total. The van der Waals surface area contributed by atoms with Gasteiger partial charge in [0, 0.05) is 18.7 Å². The van der Waals surface area contributed by atoms with Crippen LogP contribution in [0.1, 0.15) is 31.4 Å². The average molecular weight is 398 g/mol. The summed E-state index contributed by atoms with van der Waals surface area (Å²) in [6.45, 7) is 6.63. The van der Waals surface area contributed by atoms with Crippen molar-refractivity contribution in [1.29, 1.82) is 0 Å². The number of halogens is 2. The summed E-state index contributed by atoms with van der Waals surface area (Å²) in [5.41, 5.74) is 1.62. The van der Waals surface area contributed by atoms with Crippen molar-refractivity contribution in [3.05, 3.63) is 59.4 Å². The highest BCUT2D eigenvalue weighted by Gasteiger charge is 2.08. The summed E-state index contributed by atoms with van der Waals surface area (Å²) in [6, 6.07) is 12.4. The van der Waals surface area contributed by atoms with Crippen molar-refractivity contribution in [1.82, 2.24) is 5.32 Å². The van der Waals surface area contributed by atoms with Gasteiger partial charge in [0.05, 0.1) is 13.2 Å². The monoisotopic (exact) mass is 397 g/mol. The third-order valence-corrected chi connectivity index (χ3v) is 3.85. The average Bonchev–Trinajstić information content (AvgIpc) is 2.64. The number of benzene rings is 2. The van der Waals surface area contributed by atoms with Gasteiger partial charge in [-0.25, -0.2) is 4.39 Å². The third kappa shape index (κ3) is 8.16. The second-order valence-electron chi connectivity index (χ2n) is 6.32. The normalized spacial score (nSPS) is 10.6. The zero-order valence-corrected chi connectivity index (χ0v) is 17.0. The Balaban J connectivity index is 0.00000364. The Morgan fingerprint density at radius 3 is 2.56 bits per heavy atom. The van der Waals surface area contributed by atoms with E-state index in [1.165, 1.54) is 6.07 Å². The fourth-order valence-corrected chi connectivity index (χ4v) is 2.46. The van der Waals surface area contributed by atoms with Crippen LogP contribution in [0.3, 0.4) is 0 Å². The van der Waals surface area contributed by atoms with Crippen LogP contribution >= 0.6 is 12.4 Å². The van der Waals surface area contributed by atoms with Gasteiger partial charge in [-0.15, -0.1) is 12.4 Å². The molecule has 0 spiro atoms. The lowest BCUT2D eigenvalue weighted by molar-refractivity contribution is 0.0770. The Morgan fingerprint density at radius 2 is 1.85 bits per heavy atom. The van der Waals surface area contributed by atoms with Crippen LogP contribution in [0.25, 0.3) is 0 Å². The van der Waals surface area contributed by atoms with Crippen LogP contribution in [0.15, 0.2) is 42.5 Å². The van der Waals surface area contributed by atoms with Crippen LogP contribution < -0.4 is 14.8 Å². The minimum absolute atomic E-state index is 0. The van der Waals surface area contributed by atoms with Crippen LogP contribution in [-0.2, 0) is 17.9 Å². The highest BCUT2D eigenvalue weighted by Crippen LogP contribution is 2.29. The van der Waals surface area contributed by atoms with E-state index in [0.717, 1.165) is 31.7 Å². The largest absolute Gasteiger partial charge is 0.493 e. The highest BCUT2D eigenvalue weighted by atomic mass is 35.5. The van der Waals surface area contributed by atoms with E-state index in [1.807, 2.05) is 32.0 Å². The summed E-state index contributed by atoms with van der Waals surface area (Å²) in [5, 5.41) is 3.39. The van der Waals surface area contributed by atoms with Crippen molar-refractivity contribution in [2.24, 2.45) is 0 Å². The molecular weight excluding hydrogens is 369 g/mol. The fourth-order valence-electron chi connectivity index (χ4n) is 2.46. The Morgan fingerprint density at radius 1 is 1.07 bits per heavy atom. The molecule has 0 saturated carbocycles. The number of ether oxygens (including phenoxy) is 3. The number of methoxy groups -OCH3 is 1. The summed E-state index contributed by atoms with van der Waals surface area (Å²) in [5.74, 6) is 0.974. The lowest BCUT2D eigenvalue weighted by atomic mass is 10.2. The first-order valence-electron chi connectivity index (χ1n) is 8.95. The predicted molar refractivity (Wildman–Crippen MR) is 108 cm³/mol. The first-order valence-corrected chi connectivity index (χ1v) is 8.95. The summed E-state index contributed by atoms with van der Waals surface area (Å²) in [6.07, 6.45) is 1.25. The van der Waals surface area contributed by atoms with Gasteiger partial charge in [0.15, 0.2) is 11.5 Å². The van der Waals surface area contributed by atoms with E-state index in [9.17, 15) is 4.39 Å². The van der Waals surface area contributed by atoms with E-state index in [2.05, 4.69) is 5.32 Å². The van der Waals surface area contributed by atoms with Gasteiger partial charge >= 0.3 is 0 Å². The molecule has 6 heteroatoms. The first-order chi connectivity index (χ1) is 12.6. The van der Waals surface area contributed by atoms with Crippen molar-refractivity contribution in [2.75, 3.05) is 20.3 Å². The number of hydrogen-bond donors (Lipinski definition) is 1. The zero-order chi connectivity index (χ0) is 18.8. The standard InChI is InChI=1S/C21H28FNO3.ClH/c1-16(2)25-12-6-11-23-14-17-9-10-20(21(13-17)24-3)26-15-18-7-4-5-8-19(18)22;/h4-5,7-10,13,16,23H,6,11-12,14-15H2,1-3H3;1H. The zero-order valence-electron chi connectivity index (χ0n) is 16.2. The lowest BCUT2D eigenvalue weighted by Gasteiger charge is -2.13.